The van der Waals surface area contributed by atoms with Gasteiger partial charge in [-0.05, 0) is 25.0 Å². The van der Waals surface area contributed by atoms with Crippen molar-refractivity contribution in [1.29, 1.82) is 5.26 Å². The SMILES string of the molecule is N#Cc1cc(Cl)c(C(N)=O)cc1N1CCCC1. The minimum absolute atomic E-state index is 0.233. The van der Waals surface area contributed by atoms with E-state index < -0.39 is 5.91 Å². The van der Waals surface area contributed by atoms with Crippen LogP contribution in [0.1, 0.15) is 28.8 Å². The molecule has 1 aromatic carbocycles. The molecule has 1 aromatic rings. The van der Waals surface area contributed by atoms with Crippen molar-refractivity contribution in [2.24, 2.45) is 5.73 Å². The van der Waals surface area contributed by atoms with Crippen molar-refractivity contribution in [3.8, 4) is 6.07 Å². The van der Waals surface area contributed by atoms with Gasteiger partial charge in [0.15, 0.2) is 0 Å². The van der Waals surface area contributed by atoms with Crippen LogP contribution in [0.25, 0.3) is 0 Å². The topological polar surface area (TPSA) is 70.1 Å². The predicted molar refractivity (Wildman–Crippen MR) is 66.1 cm³/mol. The minimum Gasteiger partial charge on any atom is -0.370 e. The van der Waals surface area contributed by atoms with Gasteiger partial charge < -0.3 is 10.6 Å². The highest BCUT2D eigenvalue weighted by Crippen LogP contribution is 2.29. The average Bonchev–Trinajstić information content (AvgIpc) is 2.81. The Kier molecular flexibility index (Phi) is 3.21. The molecule has 2 rings (SSSR count). The van der Waals surface area contributed by atoms with Gasteiger partial charge in [0.05, 0.1) is 21.8 Å². The molecule has 0 radical (unpaired) electrons. The largest absolute Gasteiger partial charge is 0.370 e. The molecule has 0 bridgehead atoms. The maximum absolute atomic E-state index is 11.2. The van der Waals surface area contributed by atoms with Crippen molar-refractivity contribution >= 4 is 23.2 Å². The summed E-state index contributed by atoms with van der Waals surface area (Å²) in [6.07, 6.45) is 2.19. The van der Waals surface area contributed by atoms with Crippen LogP contribution in [0.3, 0.4) is 0 Å². The summed E-state index contributed by atoms with van der Waals surface area (Å²) in [5.41, 5.74) is 6.76. The third kappa shape index (κ3) is 2.20. The highest BCUT2D eigenvalue weighted by atomic mass is 35.5. The maximum atomic E-state index is 11.2. The van der Waals surface area contributed by atoms with E-state index in [2.05, 4.69) is 11.0 Å². The van der Waals surface area contributed by atoms with Crippen LogP contribution in [0.5, 0.6) is 0 Å². The van der Waals surface area contributed by atoms with Gasteiger partial charge in [0.1, 0.15) is 6.07 Å². The number of rotatable bonds is 2. The highest BCUT2D eigenvalue weighted by Gasteiger charge is 2.19. The Morgan fingerprint density at radius 1 is 1.41 bits per heavy atom. The van der Waals surface area contributed by atoms with Crippen LogP contribution in [0.15, 0.2) is 12.1 Å². The van der Waals surface area contributed by atoms with Crippen LogP contribution in [-0.2, 0) is 0 Å². The fraction of sp³-hybridized carbons (Fsp3) is 0.333. The van der Waals surface area contributed by atoms with Crippen molar-refractivity contribution in [2.75, 3.05) is 18.0 Å². The molecule has 0 atom stereocenters. The summed E-state index contributed by atoms with van der Waals surface area (Å²) >= 11 is 5.91. The molecular weight excluding hydrogens is 238 g/mol. The van der Waals surface area contributed by atoms with E-state index >= 15 is 0 Å². The minimum atomic E-state index is -0.570. The number of carbonyl (C=O) groups excluding carboxylic acids is 1. The molecule has 0 aliphatic carbocycles. The Morgan fingerprint density at radius 3 is 2.59 bits per heavy atom. The molecule has 1 heterocycles. The number of halogens is 1. The van der Waals surface area contributed by atoms with Crippen LogP contribution >= 0.6 is 11.6 Å². The van der Waals surface area contributed by atoms with Crippen LogP contribution in [0, 0.1) is 11.3 Å². The van der Waals surface area contributed by atoms with Crippen LogP contribution < -0.4 is 10.6 Å². The maximum Gasteiger partial charge on any atom is 0.250 e. The van der Waals surface area contributed by atoms with Crippen molar-refractivity contribution in [1.82, 2.24) is 0 Å². The molecule has 1 amide bonds. The lowest BCUT2D eigenvalue weighted by Gasteiger charge is -2.20. The van der Waals surface area contributed by atoms with E-state index in [0.717, 1.165) is 31.6 Å². The summed E-state index contributed by atoms with van der Waals surface area (Å²) < 4.78 is 0. The lowest BCUT2D eigenvalue weighted by molar-refractivity contribution is 0.100. The molecule has 1 fully saturated rings. The summed E-state index contributed by atoms with van der Waals surface area (Å²) in [5, 5.41) is 9.31. The molecule has 5 heteroatoms. The quantitative estimate of drug-likeness (QED) is 0.870. The molecule has 0 aromatic heterocycles. The number of amides is 1. The Morgan fingerprint density at radius 2 is 2.06 bits per heavy atom. The summed E-state index contributed by atoms with van der Waals surface area (Å²) in [5.74, 6) is -0.570. The van der Waals surface area contributed by atoms with Crippen LogP contribution in [-0.4, -0.2) is 19.0 Å². The predicted octanol–water partition coefficient (Wildman–Crippen LogP) is 1.91. The standard InChI is InChI=1S/C12H12ClN3O/c13-10-5-8(7-14)11(6-9(10)12(15)17)16-3-1-2-4-16/h5-6H,1-4H2,(H2,15,17). The molecule has 1 aliphatic heterocycles. The number of nitrogens with two attached hydrogens (primary N) is 1. The first-order valence-corrected chi connectivity index (χ1v) is 5.79. The molecule has 1 saturated heterocycles. The van der Waals surface area contributed by atoms with Crippen LogP contribution in [0.4, 0.5) is 5.69 Å². The van der Waals surface area contributed by atoms with Gasteiger partial charge in [0.2, 0.25) is 5.91 Å². The number of nitriles is 1. The molecule has 1 aliphatic rings. The monoisotopic (exact) mass is 249 g/mol. The number of carbonyl (C=O) groups is 1. The average molecular weight is 250 g/mol. The summed E-state index contributed by atoms with van der Waals surface area (Å²) in [7, 11) is 0. The lowest BCUT2D eigenvalue weighted by atomic mass is 10.1. The van der Waals surface area contributed by atoms with Gasteiger partial charge in [0, 0.05) is 13.1 Å². The summed E-state index contributed by atoms with van der Waals surface area (Å²) in [6, 6.07) is 5.23. The third-order valence-corrected chi connectivity index (χ3v) is 3.23. The number of hydrogen-bond acceptors (Lipinski definition) is 3. The number of benzene rings is 1. The van der Waals surface area contributed by atoms with Crippen molar-refractivity contribution in [3.63, 3.8) is 0 Å². The van der Waals surface area contributed by atoms with E-state index in [0.29, 0.717) is 5.56 Å². The van der Waals surface area contributed by atoms with E-state index in [1.165, 1.54) is 6.07 Å². The first kappa shape index (κ1) is 11.7. The Hall–Kier alpha value is -1.73. The van der Waals surface area contributed by atoms with E-state index in [9.17, 15) is 4.79 Å². The second-order valence-electron chi connectivity index (χ2n) is 4.02. The molecule has 0 saturated carbocycles. The van der Waals surface area contributed by atoms with Crippen molar-refractivity contribution in [2.45, 2.75) is 12.8 Å². The van der Waals surface area contributed by atoms with E-state index in [1.54, 1.807) is 6.07 Å². The van der Waals surface area contributed by atoms with Crippen molar-refractivity contribution < 1.29 is 4.79 Å². The third-order valence-electron chi connectivity index (χ3n) is 2.92. The number of hydrogen-bond donors (Lipinski definition) is 1. The van der Waals surface area contributed by atoms with Gasteiger partial charge in [-0.3, -0.25) is 4.79 Å². The van der Waals surface area contributed by atoms with Gasteiger partial charge in [-0.1, -0.05) is 11.6 Å². The summed E-state index contributed by atoms with van der Waals surface area (Å²) in [4.78, 5) is 13.3. The van der Waals surface area contributed by atoms with Gasteiger partial charge in [-0.15, -0.1) is 0 Å². The van der Waals surface area contributed by atoms with Gasteiger partial charge in [-0.2, -0.15) is 5.26 Å². The van der Waals surface area contributed by atoms with Gasteiger partial charge in [-0.25, -0.2) is 0 Å². The molecule has 4 nitrogen and oxygen atoms in total. The lowest BCUT2D eigenvalue weighted by Crippen LogP contribution is -2.20. The Labute approximate surface area is 105 Å². The Balaban J connectivity index is 2.52. The fourth-order valence-corrected chi connectivity index (χ4v) is 2.32. The molecule has 17 heavy (non-hydrogen) atoms. The van der Waals surface area contributed by atoms with Gasteiger partial charge in [0.25, 0.3) is 0 Å². The second-order valence-corrected chi connectivity index (χ2v) is 4.43. The van der Waals surface area contributed by atoms with Gasteiger partial charge >= 0.3 is 0 Å². The first-order chi connectivity index (χ1) is 8.13. The fourth-order valence-electron chi connectivity index (χ4n) is 2.06. The normalized spacial score (nSPS) is 14.7. The number of primary amides is 1. The Bertz CT molecular complexity index is 501. The van der Waals surface area contributed by atoms with Crippen molar-refractivity contribution in [3.05, 3.63) is 28.3 Å². The smallest absolute Gasteiger partial charge is 0.250 e. The molecule has 88 valence electrons. The molecule has 2 N–H and O–H groups in total. The zero-order chi connectivity index (χ0) is 12.4. The van der Waals surface area contributed by atoms with E-state index in [-0.39, 0.29) is 10.6 Å². The second kappa shape index (κ2) is 4.64. The van der Waals surface area contributed by atoms with Crippen LogP contribution in [0.2, 0.25) is 5.02 Å². The summed E-state index contributed by atoms with van der Waals surface area (Å²) in [6.45, 7) is 1.79. The van der Waals surface area contributed by atoms with E-state index in [1.807, 2.05) is 0 Å². The number of anilines is 1. The number of nitrogens with zero attached hydrogens (tertiary/aromatic N) is 2. The molecular formula is C12H12ClN3O. The molecule has 0 spiro atoms. The van der Waals surface area contributed by atoms with E-state index in [4.69, 9.17) is 22.6 Å². The highest BCUT2D eigenvalue weighted by molar-refractivity contribution is 6.34. The zero-order valence-corrected chi connectivity index (χ0v) is 10.00. The molecule has 0 unspecified atom stereocenters. The zero-order valence-electron chi connectivity index (χ0n) is 9.24. The first-order valence-electron chi connectivity index (χ1n) is 5.42.